The van der Waals surface area contributed by atoms with Crippen molar-refractivity contribution in [1.29, 1.82) is 0 Å². The van der Waals surface area contributed by atoms with Crippen LogP contribution in [0.5, 0.6) is 11.5 Å². The van der Waals surface area contributed by atoms with E-state index in [1.807, 2.05) is 12.1 Å². The van der Waals surface area contributed by atoms with Crippen LogP contribution in [0.15, 0.2) is 57.7 Å². The molecule has 0 bridgehead atoms. The number of methoxy groups -OCH3 is 1. The van der Waals surface area contributed by atoms with Crippen LogP contribution in [0.4, 0.5) is 0 Å². The number of nitrogens with zero attached hydrogens (tertiary/aromatic N) is 1. The second-order valence-electron chi connectivity index (χ2n) is 9.44. The third kappa shape index (κ3) is 5.20. The largest absolute Gasteiger partial charge is 0.493 e. The van der Waals surface area contributed by atoms with Crippen molar-refractivity contribution in [3.63, 3.8) is 0 Å². The molecule has 184 valence electrons. The van der Waals surface area contributed by atoms with Gasteiger partial charge in [0.15, 0.2) is 17.9 Å². The molecule has 1 N–H and O–H groups in total. The molecule has 3 aromatic rings. The van der Waals surface area contributed by atoms with E-state index in [-0.39, 0.29) is 12.5 Å². The number of carbonyl (C=O) groups excluding carboxylic acids is 1. The molecular weight excluding hydrogens is 444 g/mol. The van der Waals surface area contributed by atoms with Gasteiger partial charge in [0.1, 0.15) is 5.75 Å². The highest BCUT2D eigenvalue weighted by molar-refractivity contribution is 5.86. The molecule has 0 aliphatic carbocycles. The monoisotopic (exact) mass is 476 g/mol. The molecule has 7 nitrogen and oxygen atoms in total. The number of ether oxygens (including phenoxy) is 2. The van der Waals surface area contributed by atoms with Gasteiger partial charge in [-0.3, -0.25) is 4.79 Å². The lowest BCUT2D eigenvalue weighted by atomic mass is 9.83. The summed E-state index contributed by atoms with van der Waals surface area (Å²) in [6.45, 7) is 3.08. The number of fused-ring (bicyclic) bond motifs is 2. The van der Waals surface area contributed by atoms with E-state index < -0.39 is 5.63 Å². The first-order valence-electron chi connectivity index (χ1n) is 12.5. The summed E-state index contributed by atoms with van der Waals surface area (Å²) in [6.07, 6.45) is 6.22. The lowest BCUT2D eigenvalue weighted by molar-refractivity contribution is -0.123. The Kier molecular flexibility index (Phi) is 7.04. The van der Waals surface area contributed by atoms with E-state index in [2.05, 4.69) is 10.2 Å². The summed E-state index contributed by atoms with van der Waals surface area (Å²) < 4.78 is 16.5. The summed E-state index contributed by atoms with van der Waals surface area (Å²) in [5.74, 6) is 1.52. The molecule has 5 rings (SSSR count). The first-order chi connectivity index (χ1) is 17.1. The van der Waals surface area contributed by atoms with Crippen LogP contribution >= 0.6 is 0 Å². The van der Waals surface area contributed by atoms with Crippen LogP contribution in [0.3, 0.4) is 0 Å². The van der Waals surface area contributed by atoms with Crippen molar-refractivity contribution in [2.75, 3.05) is 33.4 Å². The molecule has 2 aliphatic heterocycles. The Bertz CT molecular complexity index is 1230. The summed E-state index contributed by atoms with van der Waals surface area (Å²) in [5, 5.41) is 3.85. The van der Waals surface area contributed by atoms with Crippen molar-refractivity contribution in [1.82, 2.24) is 10.2 Å². The predicted molar refractivity (Wildman–Crippen MR) is 135 cm³/mol. The van der Waals surface area contributed by atoms with Gasteiger partial charge < -0.3 is 24.1 Å². The number of hydrogen-bond acceptors (Lipinski definition) is 6. The standard InChI is InChI=1S/C28H32N2O5/c1-33-25-9-4-6-20-16-23(28(32)35-27(20)25)19-10-12-22(13-11-19)34-18-26(31)29-17-21-7-5-15-30-14-3-2-8-24(21)30/h4,6,9-13,16,21,24H,2-3,5,7-8,14-15,17-18H2,1H3,(H,29,31). The summed E-state index contributed by atoms with van der Waals surface area (Å²) in [4.78, 5) is 27.6. The molecular formula is C28H32N2O5. The first-order valence-corrected chi connectivity index (χ1v) is 12.5. The number of benzene rings is 2. The van der Waals surface area contributed by atoms with E-state index in [1.54, 1.807) is 43.5 Å². The average molecular weight is 477 g/mol. The summed E-state index contributed by atoms with van der Waals surface area (Å²) in [6, 6.07) is 15.0. The van der Waals surface area contributed by atoms with Crippen molar-refractivity contribution < 1.29 is 18.7 Å². The van der Waals surface area contributed by atoms with Crippen LogP contribution in [-0.2, 0) is 4.79 Å². The SMILES string of the molecule is COc1cccc2cc(-c3ccc(OCC(=O)NCC4CCCN5CCCCC45)cc3)c(=O)oc12. The maximum absolute atomic E-state index is 12.6. The van der Waals surface area contributed by atoms with Gasteiger partial charge in [-0.05, 0) is 74.5 Å². The molecule has 2 aromatic carbocycles. The van der Waals surface area contributed by atoms with E-state index in [1.165, 1.54) is 45.2 Å². The minimum Gasteiger partial charge on any atom is -0.493 e. The lowest BCUT2D eigenvalue weighted by Crippen LogP contribution is -2.51. The fourth-order valence-corrected chi connectivity index (χ4v) is 5.47. The van der Waals surface area contributed by atoms with Crippen molar-refractivity contribution in [3.05, 3.63) is 59.0 Å². The third-order valence-corrected chi connectivity index (χ3v) is 7.27. The van der Waals surface area contributed by atoms with Gasteiger partial charge in [0.2, 0.25) is 0 Å². The number of hydrogen-bond donors (Lipinski definition) is 1. The Balaban J connectivity index is 1.17. The molecule has 35 heavy (non-hydrogen) atoms. The van der Waals surface area contributed by atoms with E-state index in [4.69, 9.17) is 13.9 Å². The molecule has 2 unspecified atom stereocenters. The zero-order valence-corrected chi connectivity index (χ0v) is 20.1. The van der Waals surface area contributed by atoms with Gasteiger partial charge in [-0.25, -0.2) is 4.79 Å². The fourth-order valence-electron chi connectivity index (χ4n) is 5.47. The van der Waals surface area contributed by atoms with Crippen LogP contribution in [0.2, 0.25) is 0 Å². The molecule has 1 amide bonds. The number of carbonyl (C=O) groups is 1. The first kappa shape index (κ1) is 23.4. The van der Waals surface area contributed by atoms with Crippen molar-refractivity contribution in [3.8, 4) is 22.6 Å². The highest BCUT2D eigenvalue weighted by Crippen LogP contribution is 2.31. The minimum atomic E-state index is -0.436. The number of amides is 1. The Hall–Kier alpha value is -3.32. The van der Waals surface area contributed by atoms with E-state index in [0.717, 1.165) is 10.9 Å². The number of para-hydroxylation sites is 1. The summed E-state index contributed by atoms with van der Waals surface area (Å²) in [5.41, 5.74) is 1.17. The smallest absolute Gasteiger partial charge is 0.344 e. The molecule has 2 aliphatic rings. The third-order valence-electron chi connectivity index (χ3n) is 7.27. The lowest BCUT2D eigenvalue weighted by Gasteiger charge is -2.44. The molecule has 0 spiro atoms. The zero-order valence-electron chi connectivity index (χ0n) is 20.1. The van der Waals surface area contributed by atoms with Crippen molar-refractivity contribution in [2.24, 2.45) is 5.92 Å². The maximum Gasteiger partial charge on any atom is 0.344 e. The molecule has 0 saturated carbocycles. The highest BCUT2D eigenvalue weighted by Gasteiger charge is 2.32. The molecule has 0 radical (unpaired) electrons. The minimum absolute atomic E-state index is 0.0294. The van der Waals surface area contributed by atoms with Gasteiger partial charge in [0, 0.05) is 18.0 Å². The van der Waals surface area contributed by atoms with Crippen LogP contribution in [0.1, 0.15) is 32.1 Å². The quantitative estimate of drug-likeness (QED) is 0.514. The second-order valence-corrected chi connectivity index (χ2v) is 9.44. The van der Waals surface area contributed by atoms with Gasteiger partial charge in [0.25, 0.3) is 5.91 Å². The van der Waals surface area contributed by atoms with Crippen molar-refractivity contribution in [2.45, 2.75) is 38.1 Å². The van der Waals surface area contributed by atoms with Gasteiger partial charge in [0.05, 0.1) is 12.7 Å². The maximum atomic E-state index is 12.6. The topological polar surface area (TPSA) is 81.0 Å². The normalized spacial score (nSPS) is 20.3. The Morgan fingerprint density at radius 2 is 1.91 bits per heavy atom. The van der Waals surface area contributed by atoms with E-state index in [0.29, 0.717) is 41.1 Å². The van der Waals surface area contributed by atoms with Crippen molar-refractivity contribution >= 4 is 16.9 Å². The van der Waals surface area contributed by atoms with Gasteiger partial charge in [-0.1, -0.05) is 30.7 Å². The second kappa shape index (κ2) is 10.5. The van der Waals surface area contributed by atoms with Gasteiger partial charge in [-0.15, -0.1) is 0 Å². The molecule has 3 heterocycles. The zero-order chi connectivity index (χ0) is 24.2. The van der Waals surface area contributed by atoms with E-state index >= 15 is 0 Å². The highest BCUT2D eigenvalue weighted by atomic mass is 16.5. The molecule has 2 fully saturated rings. The molecule has 2 saturated heterocycles. The molecule has 2 atom stereocenters. The number of nitrogens with one attached hydrogen (secondary N) is 1. The number of rotatable bonds is 7. The average Bonchev–Trinajstić information content (AvgIpc) is 2.90. The Labute approximate surface area is 205 Å². The Morgan fingerprint density at radius 3 is 2.74 bits per heavy atom. The predicted octanol–water partition coefficient (Wildman–Crippen LogP) is 4.23. The van der Waals surface area contributed by atoms with Crippen LogP contribution in [-0.4, -0.2) is 50.2 Å². The molecule has 7 heteroatoms. The summed E-state index contributed by atoms with van der Waals surface area (Å²) >= 11 is 0. The van der Waals surface area contributed by atoms with Crippen LogP contribution in [0, 0.1) is 5.92 Å². The van der Waals surface area contributed by atoms with Crippen LogP contribution in [0.25, 0.3) is 22.1 Å². The summed E-state index contributed by atoms with van der Waals surface area (Å²) in [7, 11) is 1.54. The van der Waals surface area contributed by atoms with Gasteiger partial charge >= 0.3 is 5.63 Å². The van der Waals surface area contributed by atoms with Crippen LogP contribution < -0.4 is 20.4 Å². The number of piperidine rings is 2. The fraction of sp³-hybridized carbons (Fsp3) is 0.429. The Morgan fingerprint density at radius 1 is 1.09 bits per heavy atom. The van der Waals surface area contributed by atoms with Gasteiger partial charge in [-0.2, -0.15) is 0 Å². The van der Waals surface area contributed by atoms with E-state index in [9.17, 15) is 9.59 Å². The molecule has 1 aromatic heterocycles.